The van der Waals surface area contributed by atoms with E-state index in [1.165, 1.54) is 22.7 Å². The zero-order chi connectivity index (χ0) is 29.7. The van der Waals surface area contributed by atoms with Gasteiger partial charge >= 0.3 is 12.1 Å². The van der Waals surface area contributed by atoms with Crippen LogP contribution in [0.2, 0.25) is 0 Å². The van der Waals surface area contributed by atoms with Gasteiger partial charge < -0.3 is 54.5 Å². The number of nitrogens with zero attached hydrogens (tertiary/aromatic N) is 4. The average molecular weight is 732 g/mol. The minimum atomic E-state index is -1.17. The van der Waals surface area contributed by atoms with Crippen molar-refractivity contribution >= 4 is 51.8 Å². The predicted octanol–water partition coefficient (Wildman–Crippen LogP) is -1.72. The van der Waals surface area contributed by atoms with Gasteiger partial charge in [-0.05, 0) is 20.3 Å². The molecule has 3 amide bonds. The van der Waals surface area contributed by atoms with E-state index in [1.54, 1.807) is 27.7 Å². The summed E-state index contributed by atoms with van der Waals surface area (Å²) in [5.41, 5.74) is 6.31. The van der Waals surface area contributed by atoms with Crippen LogP contribution in [0.5, 0.6) is 0 Å². The van der Waals surface area contributed by atoms with Crippen LogP contribution in [0.1, 0.15) is 30.8 Å². The molecular weight excluding hydrogens is 697 g/mol. The number of likely N-dealkylation sites (tertiary alicyclic amines) is 1. The largest absolute Gasteiger partial charge is 1.00 e. The highest BCUT2D eigenvalue weighted by molar-refractivity contribution is 8.03. The van der Waals surface area contributed by atoms with E-state index < -0.39 is 36.0 Å². The molecule has 0 bridgehead atoms. The lowest BCUT2D eigenvalue weighted by atomic mass is 9.79. The minimum Gasteiger partial charge on any atom is -1.00 e. The van der Waals surface area contributed by atoms with Gasteiger partial charge in [0.25, 0.3) is 5.91 Å². The van der Waals surface area contributed by atoms with Crippen molar-refractivity contribution in [3.63, 3.8) is 0 Å². The average Bonchev–Trinajstić information content (AvgIpc) is 3.60. The second-order valence-electron chi connectivity index (χ2n) is 10.8. The fourth-order valence-electron chi connectivity index (χ4n) is 6.22. The maximum atomic E-state index is 13.1. The van der Waals surface area contributed by atoms with Crippen LogP contribution in [0.3, 0.4) is 0 Å². The summed E-state index contributed by atoms with van der Waals surface area (Å²) in [5.74, 6) is -2.85. The van der Waals surface area contributed by atoms with Crippen molar-refractivity contribution in [1.29, 1.82) is 0 Å². The maximum absolute atomic E-state index is 13.1. The quantitative estimate of drug-likeness (QED) is 0.113. The summed E-state index contributed by atoms with van der Waals surface area (Å²) in [4.78, 5) is 55.0. The first kappa shape index (κ1) is 32.3. The smallest absolute Gasteiger partial charge is 0.410 e. The molecule has 0 aromatic carbocycles. The number of fused-ring (bicyclic) bond motifs is 2. The van der Waals surface area contributed by atoms with Crippen LogP contribution in [-0.4, -0.2) is 84.9 Å². The molecule has 12 nitrogen and oxygen atoms in total. The number of aliphatic carboxylic acids is 1. The molecule has 4 N–H and O–H groups in total. The number of hydrogen-bond donors (Lipinski definition) is 3. The van der Waals surface area contributed by atoms with Gasteiger partial charge in [0.05, 0.1) is 22.9 Å². The molecule has 2 saturated heterocycles. The van der Waals surface area contributed by atoms with Gasteiger partial charge in [-0.25, -0.2) is 14.2 Å². The lowest BCUT2D eigenvalue weighted by Gasteiger charge is -2.46. The van der Waals surface area contributed by atoms with Crippen molar-refractivity contribution in [2.24, 2.45) is 17.6 Å². The van der Waals surface area contributed by atoms with Crippen LogP contribution in [0.25, 0.3) is 4.83 Å². The minimum absolute atomic E-state index is 0. The maximum Gasteiger partial charge on any atom is 0.410 e. The first-order valence-electron chi connectivity index (χ1n) is 13.4. The van der Waals surface area contributed by atoms with Crippen LogP contribution in [0, 0.1) is 18.8 Å². The van der Waals surface area contributed by atoms with E-state index in [4.69, 9.17) is 10.5 Å². The van der Waals surface area contributed by atoms with Crippen molar-refractivity contribution in [1.82, 2.24) is 14.2 Å². The van der Waals surface area contributed by atoms with Gasteiger partial charge in [-0.1, -0.05) is 30.9 Å². The van der Waals surface area contributed by atoms with Gasteiger partial charge in [0.15, 0.2) is 6.54 Å². The zero-order valence-corrected chi connectivity index (χ0v) is 27.2. The van der Waals surface area contributed by atoms with E-state index in [1.807, 2.05) is 30.8 Å². The number of aliphatic hydroxyl groups is 1. The summed E-state index contributed by atoms with van der Waals surface area (Å²) >= 11 is 2.98. The summed E-state index contributed by atoms with van der Waals surface area (Å²) in [6, 6.07) is -0.587. The summed E-state index contributed by atoms with van der Waals surface area (Å²) in [7, 11) is 0. The standard InChI is InChI=1S/C27H33N5O7S2.HI/c1-5-6-39-27(38)30-9-17(40-24-13(2)22-21(15(4)33)25(35)32(22)23(24)26(36)37)7-16(30)8-18-14(3)31-12-29(10-19(28)34)11-20(31)41-18;/h5,11-13,15-17,21-22,33H,1,6-10H2,2-4H3,(H2-,28,34,36,37);1H/t13-,15-,16+,17+,21-,22-;/m1./s1. The van der Waals surface area contributed by atoms with Gasteiger partial charge in [-0.15, -0.1) is 11.8 Å². The number of carbonyl (C=O) groups excluding carboxylic acids is 3. The van der Waals surface area contributed by atoms with Crippen LogP contribution < -0.4 is 34.3 Å². The summed E-state index contributed by atoms with van der Waals surface area (Å²) in [5, 5.41) is 20.1. The number of aryl methyl sites for hydroxylation is 1. The van der Waals surface area contributed by atoms with E-state index in [0.717, 1.165) is 15.4 Å². The Hall–Kier alpha value is -2.63. The van der Waals surface area contributed by atoms with Crippen LogP contribution in [0.4, 0.5) is 4.79 Å². The molecule has 42 heavy (non-hydrogen) atoms. The number of imidazole rings is 1. The first-order chi connectivity index (χ1) is 19.4. The number of primary amides is 1. The van der Waals surface area contributed by atoms with Gasteiger partial charge in [-0.3, -0.25) is 9.59 Å². The number of carboxylic acids is 1. The lowest BCUT2D eigenvalue weighted by molar-refractivity contribution is -0.682. The van der Waals surface area contributed by atoms with Crippen molar-refractivity contribution < 1.29 is 62.7 Å². The van der Waals surface area contributed by atoms with Gasteiger partial charge in [0.2, 0.25) is 17.1 Å². The van der Waals surface area contributed by atoms with Crippen LogP contribution in [0.15, 0.2) is 35.8 Å². The number of thiazole rings is 1. The van der Waals surface area contributed by atoms with E-state index in [9.17, 15) is 29.4 Å². The number of rotatable bonds is 10. The Bertz CT molecular complexity index is 1470. The highest BCUT2D eigenvalue weighted by atomic mass is 127. The molecule has 3 aliphatic rings. The number of carbonyl (C=O) groups is 4. The van der Waals surface area contributed by atoms with E-state index in [2.05, 4.69) is 6.58 Å². The second-order valence-corrected chi connectivity index (χ2v) is 13.3. The molecule has 228 valence electrons. The molecule has 3 aliphatic heterocycles. The van der Waals surface area contributed by atoms with Crippen LogP contribution >= 0.6 is 23.1 Å². The van der Waals surface area contributed by atoms with Crippen molar-refractivity contribution in [2.45, 2.75) is 63.6 Å². The zero-order valence-electron chi connectivity index (χ0n) is 23.4. The highest BCUT2D eigenvalue weighted by Gasteiger charge is 2.60. The van der Waals surface area contributed by atoms with E-state index >= 15 is 0 Å². The first-order valence-corrected chi connectivity index (χ1v) is 15.1. The van der Waals surface area contributed by atoms with Gasteiger partial charge in [-0.2, -0.15) is 4.40 Å². The Kier molecular flexibility index (Phi) is 9.64. The lowest BCUT2D eigenvalue weighted by Crippen LogP contribution is -3.00. The molecule has 2 aromatic heterocycles. The molecule has 15 heteroatoms. The monoisotopic (exact) mass is 731 g/mol. The third kappa shape index (κ3) is 5.67. The molecular formula is C27H34IN5O7S2. The fourth-order valence-corrected chi connectivity index (χ4v) is 9.03. The Morgan fingerprint density at radius 1 is 1.38 bits per heavy atom. The molecule has 2 aromatic rings. The molecule has 0 unspecified atom stereocenters. The molecule has 6 atom stereocenters. The Labute approximate surface area is 268 Å². The van der Waals surface area contributed by atoms with Crippen LogP contribution in [-0.2, 0) is 32.1 Å². The fraction of sp³-hybridized carbons (Fsp3) is 0.519. The number of thioether (sulfide) groups is 1. The third-order valence-corrected chi connectivity index (χ3v) is 10.8. The van der Waals surface area contributed by atoms with Gasteiger partial charge in [0.1, 0.15) is 24.2 Å². The SMILES string of the molecule is C=CCOC(=O)N1C[C@@H](SC2=C(C(=O)O)N3C(=O)[C@H]([C@@H](C)O)[C@H]3[C@H]2C)C[C@H]1Cc1sc2c[n+](CC(N)=O)cn2c1C.[I-]. The summed E-state index contributed by atoms with van der Waals surface area (Å²) < 4.78 is 9.12. The second kappa shape index (κ2) is 12.5. The number of carboxylic acid groups (broad SMARTS) is 1. The number of amides is 3. The van der Waals surface area contributed by atoms with E-state index in [-0.39, 0.29) is 65.9 Å². The Morgan fingerprint density at radius 2 is 2.10 bits per heavy atom. The number of aromatic nitrogens is 2. The Balaban J connectivity index is 0.00000405. The molecule has 5 heterocycles. The predicted molar refractivity (Wildman–Crippen MR) is 151 cm³/mol. The number of hydrogen-bond acceptors (Lipinski definition) is 8. The molecule has 2 fully saturated rings. The summed E-state index contributed by atoms with van der Waals surface area (Å²) in [6.07, 6.45) is 5.04. The number of aliphatic hydroxyl groups excluding tert-OH is 1. The van der Waals surface area contributed by atoms with E-state index in [0.29, 0.717) is 24.3 Å². The van der Waals surface area contributed by atoms with Crippen molar-refractivity contribution in [3.05, 3.63) is 46.4 Å². The van der Waals surface area contributed by atoms with Crippen molar-refractivity contribution in [3.8, 4) is 0 Å². The topological polar surface area (TPSA) is 159 Å². The molecule has 0 radical (unpaired) electrons. The molecule has 5 rings (SSSR count). The third-order valence-electron chi connectivity index (χ3n) is 8.07. The number of halogens is 1. The highest BCUT2D eigenvalue weighted by Crippen LogP contribution is 2.52. The molecule has 0 spiro atoms. The number of nitrogens with two attached hydrogens (primary N) is 1. The Morgan fingerprint density at radius 3 is 2.69 bits per heavy atom. The molecule has 0 saturated carbocycles. The normalized spacial score (nSPS) is 25.7. The molecule has 0 aliphatic carbocycles. The van der Waals surface area contributed by atoms with Crippen molar-refractivity contribution in [2.75, 3.05) is 13.2 Å². The van der Waals surface area contributed by atoms with Gasteiger partial charge in [0, 0.05) is 35.1 Å². The summed E-state index contributed by atoms with van der Waals surface area (Å²) in [6.45, 7) is 9.57. The number of β-lactam (4-membered cyclic amide) rings is 1. The number of ether oxygens (including phenoxy) is 1.